The van der Waals surface area contributed by atoms with Gasteiger partial charge in [0, 0.05) is 22.1 Å². The molecule has 2 atom stereocenters. The summed E-state index contributed by atoms with van der Waals surface area (Å²) < 4.78 is 26.0. The van der Waals surface area contributed by atoms with Crippen LogP contribution in [0.15, 0.2) is 23.2 Å². The van der Waals surface area contributed by atoms with E-state index in [0.29, 0.717) is 23.5 Å². The van der Waals surface area contributed by atoms with Crippen LogP contribution < -0.4 is 11.1 Å². The second kappa shape index (κ2) is 5.22. The van der Waals surface area contributed by atoms with Crippen molar-refractivity contribution in [2.24, 2.45) is 10.7 Å². The summed E-state index contributed by atoms with van der Waals surface area (Å²) >= 11 is 0. The van der Waals surface area contributed by atoms with Crippen LogP contribution in [-0.4, -0.2) is 27.0 Å². The summed E-state index contributed by atoms with van der Waals surface area (Å²) in [6, 6.07) is 3.68. The molecule has 1 heterocycles. The Balaban J connectivity index is 1.96. The number of nitrogens with two attached hydrogens (primary N) is 1. The summed E-state index contributed by atoms with van der Waals surface area (Å²) in [5.41, 5.74) is 6.79. The molecule has 7 heteroatoms. The summed E-state index contributed by atoms with van der Waals surface area (Å²) in [6.45, 7) is 0. The zero-order valence-corrected chi connectivity index (χ0v) is 12.2. The number of nitrogens with one attached hydrogen (secondary N) is 1. The highest BCUT2D eigenvalue weighted by atomic mass is 32.2. The normalized spacial score (nSPS) is 26.8. The molecule has 112 valence electrons. The van der Waals surface area contributed by atoms with Crippen molar-refractivity contribution >= 4 is 28.7 Å². The molecule has 5 nitrogen and oxygen atoms in total. The predicted octanol–water partition coefficient (Wildman–Crippen LogP) is 1.48. The quantitative estimate of drug-likeness (QED) is 0.829. The van der Waals surface area contributed by atoms with E-state index >= 15 is 0 Å². The number of amidine groups is 1. The first kappa shape index (κ1) is 14.2. The minimum Gasteiger partial charge on any atom is -0.386 e. The molecule has 1 aliphatic heterocycles. The van der Waals surface area contributed by atoms with Crippen molar-refractivity contribution in [2.45, 2.75) is 30.1 Å². The lowest BCUT2D eigenvalue weighted by Crippen LogP contribution is -2.56. The fourth-order valence-corrected chi connectivity index (χ4v) is 4.73. The number of hydrogen-bond acceptors (Lipinski definition) is 4. The van der Waals surface area contributed by atoms with E-state index in [1.54, 1.807) is 0 Å². The number of halogens is 1. The van der Waals surface area contributed by atoms with Gasteiger partial charge in [0.2, 0.25) is 6.41 Å². The number of carbonyl (C=O) groups is 1. The minimum absolute atomic E-state index is 0.266. The molecule has 1 saturated carbocycles. The van der Waals surface area contributed by atoms with E-state index in [2.05, 4.69) is 10.3 Å². The first-order valence-corrected chi connectivity index (χ1v) is 8.10. The molecule has 3 N–H and O–H groups in total. The molecular weight excluding hydrogens is 293 g/mol. The molecular formula is C14H16FN3O2S. The van der Waals surface area contributed by atoms with Gasteiger partial charge in [-0.25, -0.2) is 4.39 Å². The average Bonchev–Trinajstić information content (AvgIpc) is 2.39. The number of nitrogens with zero attached hydrogens (tertiary/aromatic N) is 1. The van der Waals surface area contributed by atoms with Crippen molar-refractivity contribution in [1.29, 1.82) is 0 Å². The molecule has 1 fully saturated rings. The summed E-state index contributed by atoms with van der Waals surface area (Å²) in [5, 5.41) is 2.47. The second-order valence-corrected chi connectivity index (χ2v) is 7.19. The van der Waals surface area contributed by atoms with Gasteiger partial charge in [0.1, 0.15) is 16.4 Å². The van der Waals surface area contributed by atoms with Crippen LogP contribution in [0.5, 0.6) is 0 Å². The number of rotatable bonds is 3. The van der Waals surface area contributed by atoms with Gasteiger partial charge in [-0.3, -0.25) is 14.0 Å². The summed E-state index contributed by atoms with van der Waals surface area (Å²) in [7, 11) is -1.15. The van der Waals surface area contributed by atoms with Crippen molar-refractivity contribution in [3.05, 3.63) is 29.6 Å². The van der Waals surface area contributed by atoms with Gasteiger partial charge in [-0.15, -0.1) is 0 Å². The molecule has 0 aromatic heterocycles. The van der Waals surface area contributed by atoms with Gasteiger partial charge in [0.25, 0.3) is 0 Å². The third-order valence-electron chi connectivity index (χ3n) is 4.25. The highest BCUT2D eigenvalue weighted by Gasteiger charge is 2.49. The highest BCUT2D eigenvalue weighted by Crippen LogP contribution is 2.43. The molecule has 1 aromatic carbocycles. The average molecular weight is 309 g/mol. The standard InChI is InChI=1S/C14H16FN3O2S/c15-11-3-2-9(17-8-19)6-10(11)12-7-21(20)14(4-1-5-14)13(16)18-12/h2-3,6,8,12H,1,4-5,7H2,(H2,16,18)(H,17,19). The lowest BCUT2D eigenvalue weighted by molar-refractivity contribution is -0.105. The molecule has 1 aliphatic carbocycles. The van der Waals surface area contributed by atoms with Gasteiger partial charge < -0.3 is 11.1 Å². The number of aliphatic imine (C=N–C) groups is 1. The van der Waals surface area contributed by atoms with Crippen LogP contribution in [0.1, 0.15) is 30.9 Å². The van der Waals surface area contributed by atoms with Crippen LogP contribution in [0, 0.1) is 5.82 Å². The van der Waals surface area contributed by atoms with Crippen molar-refractivity contribution < 1.29 is 13.4 Å². The number of hydrogen-bond donors (Lipinski definition) is 2. The van der Waals surface area contributed by atoms with Gasteiger partial charge >= 0.3 is 0 Å². The second-order valence-electron chi connectivity index (χ2n) is 5.39. The summed E-state index contributed by atoms with van der Waals surface area (Å²) in [5.74, 6) is 0.202. The first-order chi connectivity index (χ1) is 10.1. The number of carbonyl (C=O) groups excluding carboxylic acids is 1. The van der Waals surface area contributed by atoms with E-state index in [0.717, 1.165) is 19.3 Å². The molecule has 2 aliphatic rings. The van der Waals surface area contributed by atoms with Crippen molar-refractivity contribution in [2.75, 3.05) is 11.1 Å². The Morgan fingerprint density at radius 3 is 2.81 bits per heavy atom. The van der Waals surface area contributed by atoms with Gasteiger partial charge in [0.15, 0.2) is 0 Å². The Morgan fingerprint density at radius 1 is 1.48 bits per heavy atom. The van der Waals surface area contributed by atoms with Crippen molar-refractivity contribution in [3.8, 4) is 0 Å². The molecule has 0 radical (unpaired) electrons. The Hall–Kier alpha value is -1.76. The Morgan fingerprint density at radius 2 is 2.24 bits per heavy atom. The molecule has 0 bridgehead atoms. The molecule has 1 spiro atoms. The van der Waals surface area contributed by atoms with E-state index in [4.69, 9.17) is 5.73 Å². The Bertz CT molecular complexity index is 643. The fraction of sp³-hybridized carbons (Fsp3) is 0.429. The summed E-state index contributed by atoms with van der Waals surface area (Å²) in [4.78, 5) is 14.9. The maximum Gasteiger partial charge on any atom is 0.211 e. The van der Waals surface area contributed by atoms with Crippen LogP contribution in [-0.2, 0) is 15.6 Å². The highest BCUT2D eigenvalue weighted by molar-refractivity contribution is 7.87. The molecule has 0 saturated heterocycles. The largest absolute Gasteiger partial charge is 0.386 e. The number of amides is 1. The molecule has 1 amide bonds. The lowest BCUT2D eigenvalue weighted by atomic mass is 9.83. The van der Waals surface area contributed by atoms with Gasteiger partial charge in [-0.2, -0.15) is 0 Å². The van der Waals surface area contributed by atoms with Crippen molar-refractivity contribution in [3.63, 3.8) is 0 Å². The first-order valence-electron chi connectivity index (χ1n) is 6.79. The van der Waals surface area contributed by atoms with E-state index in [-0.39, 0.29) is 5.75 Å². The SMILES string of the molecule is NC1=NC(c2cc(NC=O)ccc2F)CS(=O)C12CCC2. The zero-order valence-electron chi connectivity index (χ0n) is 11.3. The molecule has 3 rings (SSSR count). The third-order valence-corrected chi connectivity index (χ3v) is 6.36. The molecule has 1 aromatic rings. The van der Waals surface area contributed by atoms with Crippen LogP contribution in [0.25, 0.3) is 0 Å². The van der Waals surface area contributed by atoms with E-state index in [1.807, 2.05) is 0 Å². The van der Waals surface area contributed by atoms with Gasteiger partial charge in [-0.1, -0.05) is 0 Å². The number of anilines is 1. The molecule has 2 unspecified atom stereocenters. The maximum atomic E-state index is 14.0. The van der Waals surface area contributed by atoms with Crippen LogP contribution >= 0.6 is 0 Å². The summed E-state index contributed by atoms with van der Waals surface area (Å²) in [6.07, 6.45) is 3.10. The van der Waals surface area contributed by atoms with Crippen LogP contribution in [0.3, 0.4) is 0 Å². The predicted molar refractivity (Wildman–Crippen MR) is 80.0 cm³/mol. The maximum absolute atomic E-state index is 14.0. The van der Waals surface area contributed by atoms with Crippen LogP contribution in [0.4, 0.5) is 10.1 Å². The van der Waals surface area contributed by atoms with Gasteiger partial charge in [0.05, 0.1) is 11.8 Å². The fourth-order valence-electron chi connectivity index (χ4n) is 2.84. The lowest BCUT2D eigenvalue weighted by Gasteiger charge is -2.43. The van der Waals surface area contributed by atoms with E-state index in [1.165, 1.54) is 18.2 Å². The number of benzene rings is 1. The van der Waals surface area contributed by atoms with Gasteiger partial charge in [-0.05, 0) is 37.5 Å². The third kappa shape index (κ3) is 2.25. The van der Waals surface area contributed by atoms with Crippen molar-refractivity contribution in [1.82, 2.24) is 0 Å². The van der Waals surface area contributed by atoms with Crippen LogP contribution in [0.2, 0.25) is 0 Å². The van der Waals surface area contributed by atoms with E-state index in [9.17, 15) is 13.4 Å². The van der Waals surface area contributed by atoms with E-state index < -0.39 is 27.4 Å². The minimum atomic E-state index is -1.15. The Kier molecular flexibility index (Phi) is 3.52. The monoisotopic (exact) mass is 309 g/mol. The topological polar surface area (TPSA) is 84.5 Å². The zero-order chi connectivity index (χ0) is 15.0. The smallest absolute Gasteiger partial charge is 0.211 e. The molecule has 21 heavy (non-hydrogen) atoms. The Labute approximate surface area is 124 Å².